The molecule has 0 saturated heterocycles. The van der Waals surface area contributed by atoms with Gasteiger partial charge in [0.05, 0.1) is 0 Å². The smallest absolute Gasteiger partial charge is 0.150 e. The van der Waals surface area contributed by atoms with Crippen molar-refractivity contribution in [2.45, 2.75) is 0 Å². The zero-order chi connectivity index (χ0) is 9.14. The van der Waals surface area contributed by atoms with E-state index in [1.54, 1.807) is 0 Å². The normalized spacial score (nSPS) is 11.7. The van der Waals surface area contributed by atoms with E-state index in [2.05, 4.69) is 37.0 Å². The second-order valence-electron chi connectivity index (χ2n) is 2.14. The Bertz CT molecular complexity index is 322. The first-order chi connectivity index (χ1) is 5.65. The van der Waals surface area contributed by atoms with Gasteiger partial charge in [-0.3, -0.25) is 0 Å². The fourth-order valence-corrected chi connectivity index (χ4v) is 1.36. The summed E-state index contributed by atoms with van der Waals surface area (Å²) in [5.74, 6) is 5.35. The number of amidine groups is 1. The van der Waals surface area contributed by atoms with Crippen LogP contribution in [0.2, 0.25) is 0 Å². The highest BCUT2D eigenvalue weighted by Crippen LogP contribution is 2.23. The van der Waals surface area contributed by atoms with Crippen LogP contribution in [0.25, 0.3) is 0 Å². The average molecular weight is 293 g/mol. The predicted octanol–water partition coefficient (Wildman–Crippen LogP) is 1.79. The summed E-state index contributed by atoms with van der Waals surface area (Å²) in [5, 5.41) is 3.39. The highest BCUT2D eigenvalue weighted by Gasteiger charge is 2.01. The first-order valence-corrected chi connectivity index (χ1v) is 4.72. The van der Waals surface area contributed by atoms with Crippen molar-refractivity contribution in [2.24, 2.45) is 16.7 Å². The Morgan fingerprint density at radius 3 is 2.42 bits per heavy atom. The van der Waals surface area contributed by atoms with E-state index in [-0.39, 0.29) is 0 Å². The molecule has 0 aliphatic heterocycles. The topological polar surface area (TPSA) is 64.4 Å². The average Bonchev–Trinajstić information content (AvgIpc) is 2.08. The quantitative estimate of drug-likeness (QED) is 0.359. The minimum Gasteiger partial charge on any atom is -0.382 e. The van der Waals surface area contributed by atoms with E-state index in [0.29, 0.717) is 5.84 Å². The van der Waals surface area contributed by atoms with Crippen molar-refractivity contribution in [3.63, 3.8) is 0 Å². The standard InChI is InChI=1S/C7H7Br2N3/c8-5-2-1-4(3-6(5)9)7(10)12-11/h1-3H,11H2,(H2,10,12). The van der Waals surface area contributed by atoms with E-state index in [1.165, 1.54) is 0 Å². The van der Waals surface area contributed by atoms with Gasteiger partial charge in [-0.2, -0.15) is 5.10 Å². The highest BCUT2D eigenvalue weighted by molar-refractivity contribution is 9.13. The van der Waals surface area contributed by atoms with Gasteiger partial charge in [0.1, 0.15) is 5.84 Å². The molecule has 0 atom stereocenters. The molecule has 4 N–H and O–H groups in total. The number of rotatable bonds is 1. The number of nitrogens with two attached hydrogens (primary N) is 2. The van der Waals surface area contributed by atoms with E-state index < -0.39 is 0 Å². The third-order valence-corrected chi connectivity index (χ3v) is 3.23. The first-order valence-electron chi connectivity index (χ1n) is 3.14. The molecule has 12 heavy (non-hydrogen) atoms. The summed E-state index contributed by atoms with van der Waals surface area (Å²) >= 11 is 6.69. The largest absolute Gasteiger partial charge is 0.382 e. The predicted molar refractivity (Wildman–Crippen MR) is 56.8 cm³/mol. The third kappa shape index (κ3) is 1.98. The summed E-state index contributed by atoms with van der Waals surface area (Å²) in [6.07, 6.45) is 0. The lowest BCUT2D eigenvalue weighted by Gasteiger charge is -2.00. The van der Waals surface area contributed by atoms with E-state index in [4.69, 9.17) is 11.6 Å². The number of hydrogen-bond donors (Lipinski definition) is 2. The Hall–Kier alpha value is -0.550. The SMILES string of the molecule is N/N=C(/N)c1ccc(Br)c(Br)c1. The van der Waals surface area contributed by atoms with Crippen molar-refractivity contribution in [1.29, 1.82) is 0 Å². The van der Waals surface area contributed by atoms with Gasteiger partial charge < -0.3 is 11.6 Å². The summed E-state index contributed by atoms with van der Waals surface area (Å²) in [5.41, 5.74) is 6.30. The van der Waals surface area contributed by atoms with Gasteiger partial charge >= 0.3 is 0 Å². The molecule has 64 valence electrons. The van der Waals surface area contributed by atoms with Crippen molar-refractivity contribution >= 4 is 37.7 Å². The van der Waals surface area contributed by atoms with Crippen LogP contribution in [0, 0.1) is 0 Å². The summed E-state index contributed by atoms with van der Waals surface area (Å²) in [7, 11) is 0. The van der Waals surface area contributed by atoms with E-state index in [1.807, 2.05) is 18.2 Å². The molecule has 0 amide bonds. The van der Waals surface area contributed by atoms with Crippen LogP contribution in [0.4, 0.5) is 0 Å². The van der Waals surface area contributed by atoms with Gasteiger partial charge in [-0.05, 0) is 44.0 Å². The molecule has 3 nitrogen and oxygen atoms in total. The maximum Gasteiger partial charge on any atom is 0.150 e. The number of hydrazone groups is 1. The molecule has 0 saturated carbocycles. The van der Waals surface area contributed by atoms with Crippen molar-refractivity contribution in [2.75, 3.05) is 0 Å². The molecule has 1 aromatic rings. The van der Waals surface area contributed by atoms with Crippen molar-refractivity contribution < 1.29 is 0 Å². The molecule has 0 heterocycles. The van der Waals surface area contributed by atoms with Crippen LogP contribution in [0.3, 0.4) is 0 Å². The Kier molecular flexibility index (Phi) is 3.11. The fraction of sp³-hybridized carbons (Fsp3) is 0. The molecular formula is C7H7Br2N3. The van der Waals surface area contributed by atoms with Crippen LogP contribution in [-0.2, 0) is 0 Å². The summed E-state index contributed by atoms with van der Waals surface area (Å²) in [6, 6.07) is 5.55. The van der Waals surface area contributed by atoms with Gasteiger partial charge in [-0.1, -0.05) is 6.07 Å². The molecule has 1 rings (SSSR count). The molecule has 0 aromatic heterocycles. The molecule has 0 fully saturated rings. The van der Waals surface area contributed by atoms with Crippen LogP contribution in [-0.4, -0.2) is 5.84 Å². The Morgan fingerprint density at radius 2 is 1.92 bits per heavy atom. The fourth-order valence-electron chi connectivity index (χ4n) is 0.730. The van der Waals surface area contributed by atoms with Crippen molar-refractivity contribution in [1.82, 2.24) is 0 Å². The number of hydrogen-bond acceptors (Lipinski definition) is 2. The Balaban J connectivity index is 3.13. The molecule has 0 radical (unpaired) electrons. The lowest BCUT2D eigenvalue weighted by atomic mass is 10.2. The van der Waals surface area contributed by atoms with Crippen molar-refractivity contribution in [3.8, 4) is 0 Å². The molecule has 1 aromatic carbocycles. The molecule has 0 bridgehead atoms. The van der Waals surface area contributed by atoms with Crippen LogP contribution in [0.1, 0.15) is 5.56 Å². The van der Waals surface area contributed by atoms with Crippen LogP contribution in [0.15, 0.2) is 32.2 Å². The van der Waals surface area contributed by atoms with Crippen LogP contribution >= 0.6 is 31.9 Å². The van der Waals surface area contributed by atoms with E-state index in [9.17, 15) is 0 Å². The van der Waals surface area contributed by atoms with Gasteiger partial charge in [0.25, 0.3) is 0 Å². The lowest BCUT2D eigenvalue weighted by Crippen LogP contribution is -2.15. The molecular weight excluding hydrogens is 286 g/mol. The van der Waals surface area contributed by atoms with Gasteiger partial charge in [0, 0.05) is 14.5 Å². The van der Waals surface area contributed by atoms with Crippen LogP contribution < -0.4 is 11.6 Å². The number of halogens is 2. The molecule has 0 spiro atoms. The Morgan fingerprint density at radius 1 is 1.25 bits per heavy atom. The maximum atomic E-state index is 5.50. The minimum atomic E-state index is 0.322. The molecule has 0 aliphatic carbocycles. The monoisotopic (exact) mass is 291 g/mol. The zero-order valence-corrected chi connectivity index (χ0v) is 9.26. The summed E-state index contributed by atoms with van der Waals surface area (Å²) in [6.45, 7) is 0. The molecule has 0 unspecified atom stereocenters. The van der Waals surface area contributed by atoms with Crippen LogP contribution in [0.5, 0.6) is 0 Å². The van der Waals surface area contributed by atoms with Crippen molar-refractivity contribution in [3.05, 3.63) is 32.7 Å². The summed E-state index contributed by atoms with van der Waals surface area (Å²) < 4.78 is 1.89. The maximum absolute atomic E-state index is 5.50. The third-order valence-electron chi connectivity index (χ3n) is 1.35. The second kappa shape index (κ2) is 3.91. The number of nitrogens with zero attached hydrogens (tertiary/aromatic N) is 1. The molecule has 5 heteroatoms. The van der Waals surface area contributed by atoms with E-state index >= 15 is 0 Å². The lowest BCUT2D eigenvalue weighted by molar-refractivity contribution is 1.23. The van der Waals surface area contributed by atoms with Gasteiger partial charge in [0.15, 0.2) is 0 Å². The number of benzene rings is 1. The van der Waals surface area contributed by atoms with Gasteiger partial charge in [-0.25, -0.2) is 0 Å². The minimum absolute atomic E-state index is 0.322. The Labute approximate surface area is 87.1 Å². The molecule has 0 aliphatic rings. The highest BCUT2D eigenvalue weighted by atomic mass is 79.9. The summed E-state index contributed by atoms with van der Waals surface area (Å²) in [4.78, 5) is 0. The first kappa shape index (κ1) is 9.54. The van der Waals surface area contributed by atoms with E-state index in [0.717, 1.165) is 14.5 Å². The van der Waals surface area contributed by atoms with Gasteiger partial charge in [-0.15, -0.1) is 0 Å². The zero-order valence-electron chi connectivity index (χ0n) is 6.09. The van der Waals surface area contributed by atoms with Gasteiger partial charge in [0.2, 0.25) is 0 Å². The second-order valence-corrected chi connectivity index (χ2v) is 3.85.